The van der Waals surface area contributed by atoms with Crippen molar-refractivity contribution < 1.29 is 9.78 Å². The molecule has 0 N–H and O–H groups in total. The van der Waals surface area contributed by atoms with Crippen LogP contribution in [0.5, 0.6) is 0 Å². The van der Waals surface area contributed by atoms with Crippen molar-refractivity contribution in [1.82, 2.24) is 0 Å². The van der Waals surface area contributed by atoms with Gasteiger partial charge in [0, 0.05) is 0 Å². The molecule has 1 fully saturated rings. The number of hydrogen-bond acceptors (Lipinski definition) is 2. The van der Waals surface area contributed by atoms with E-state index in [1.807, 2.05) is 0 Å². The molecule has 2 heteroatoms. The van der Waals surface area contributed by atoms with E-state index in [4.69, 9.17) is 9.78 Å². The first-order valence-corrected chi connectivity index (χ1v) is 3.89. The molecule has 10 heavy (non-hydrogen) atoms. The fourth-order valence-electron chi connectivity index (χ4n) is 1.08. The molecule has 0 saturated carbocycles. The molecule has 1 unspecified atom stereocenters. The Bertz CT molecular complexity index is 98.3. The molecule has 0 aromatic rings. The van der Waals surface area contributed by atoms with Crippen molar-refractivity contribution in [2.24, 2.45) is 5.41 Å². The maximum Gasteiger partial charge on any atom is 0.0978 e. The van der Waals surface area contributed by atoms with Crippen LogP contribution >= 0.6 is 0 Å². The van der Waals surface area contributed by atoms with Gasteiger partial charge in [-0.1, -0.05) is 20.8 Å². The van der Waals surface area contributed by atoms with Crippen LogP contribution in [0.4, 0.5) is 0 Å². The molecule has 1 rings (SSSR count). The molecule has 60 valence electrons. The summed E-state index contributed by atoms with van der Waals surface area (Å²) in [6.07, 6.45) is 2.53. The molecule has 1 aliphatic heterocycles. The van der Waals surface area contributed by atoms with Crippen LogP contribution in [-0.4, -0.2) is 12.7 Å². The van der Waals surface area contributed by atoms with Gasteiger partial charge in [0.2, 0.25) is 0 Å². The zero-order valence-electron chi connectivity index (χ0n) is 7.02. The van der Waals surface area contributed by atoms with Crippen LogP contribution < -0.4 is 0 Å². The first-order valence-electron chi connectivity index (χ1n) is 3.89. The second-order valence-corrected chi connectivity index (χ2v) is 3.92. The molecule has 0 radical (unpaired) electrons. The van der Waals surface area contributed by atoms with E-state index >= 15 is 0 Å². The largest absolute Gasteiger partial charge is 0.236 e. The average Bonchev–Trinajstić information content (AvgIpc) is 1.88. The monoisotopic (exact) mass is 144 g/mol. The number of rotatable bonds is 0. The van der Waals surface area contributed by atoms with Gasteiger partial charge in [0.05, 0.1) is 12.7 Å². The summed E-state index contributed by atoms with van der Waals surface area (Å²) in [5.41, 5.74) is 0.223. The summed E-state index contributed by atoms with van der Waals surface area (Å²) in [6.45, 7) is 7.28. The van der Waals surface area contributed by atoms with Gasteiger partial charge in [0.15, 0.2) is 0 Å². The average molecular weight is 144 g/mol. The van der Waals surface area contributed by atoms with E-state index in [9.17, 15) is 0 Å². The summed E-state index contributed by atoms with van der Waals surface area (Å²) in [5, 5.41) is 0. The molecule has 1 aliphatic rings. The first-order chi connectivity index (χ1) is 4.61. The first kappa shape index (κ1) is 8.02. The minimum absolute atomic E-state index is 0.223. The van der Waals surface area contributed by atoms with E-state index in [-0.39, 0.29) is 11.5 Å². The van der Waals surface area contributed by atoms with Gasteiger partial charge in [-0.3, -0.25) is 0 Å². The normalized spacial score (nSPS) is 28.5. The van der Waals surface area contributed by atoms with Crippen molar-refractivity contribution in [3.05, 3.63) is 0 Å². The maximum atomic E-state index is 5.14. The highest BCUT2D eigenvalue weighted by Crippen LogP contribution is 2.28. The van der Waals surface area contributed by atoms with Crippen molar-refractivity contribution in [1.29, 1.82) is 0 Å². The van der Waals surface area contributed by atoms with Crippen LogP contribution in [0.2, 0.25) is 0 Å². The minimum atomic E-state index is 0.223. The fraction of sp³-hybridized carbons (Fsp3) is 1.00. The second-order valence-electron chi connectivity index (χ2n) is 3.92. The van der Waals surface area contributed by atoms with Gasteiger partial charge in [0.25, 0.3) is 0 Å². The van der Waals surface area contributed by atoms with Gasteiger partial charge in [-0.25, -0.2) is 9.78 Å². The SMILES string of the molecule is CC(C)(C)C1CCCOO1. The van der Waals surface area contributed by atoms with E-state index in [0.717, 1.165) is 19.4 Å². The van der Waals surface area contributed by atoms with Crippen molar-refractivity contribution in [3.8, 4) is 0 Å². The molecule has 2 nitrogen and oxygen atoms in total. The third-order valence-electron chi connectivity index (χ3n) is 1.84. The van der Waals surface area contributed by atoms with Crippen LogP contribution in [0.1, 0.15) is 33.6 Å². The molecular weight excluding hydrogens is 128 g/mol. The molecule has 0 aromatic heterocycles. The van der Waals surface area contributed by atoms with Gasteiger partial charge >= 0.3 is 0 Å². The van der Waals surface area contributed by atoms with Crippen molar-refractivity contribution in [3.63, 3.8) is 0 Å². The zero-order chi connectivity index (χ0) is 7.61. The minimum Gasteiger partial charge on any atom is -0.236 e. The smallest absolute Gasteiger partial charge is 0.0978 e. The van der Waals surface area contributed by atoms with Crippen LogP contribution in [-0.2, 0) is 9.78 Å². The highest BCUT2D eigenvalue weighted by Gasteiger charge is 2.28. The lowest BCUT2D eigenvalue weighted by Crippen LogP contribution is -2.32. The van der Waals surface area contributed by atoms with Crippen LogP contribution in [0.25, 0.3) is 0 Å². The van der Waals surface area contributed by atoms with E-state index < -0.39 is 0 Å². The molecular formula is C8H16O2. The van der Waals surface area contributed by atoms with Crippen molar-refractivity contribution in [2.45, 2.75) is 39.7 Å². The van der Waals surface area contributed by atoms with E-state index in [2.05, 4.69) is 20.8 Å². The molecule has 1 atom stereocenters. The highest BCUT2D eigenvalue weighted by molar-refractivity contribution is 4.74. The lowest BCUT2D eigenvalue weighted by Gasteiger charge is -2.31. The van der Waals surface area contributed by atoms with Gasteiger partial charge < -0.3 is 0 Å². The third kappa shape index (κ3) is 1.96. The Morgan fingerprint density at radius 3 is 2.30 bits per heavy atom. The van der Waals surface area contributed by atoms with Crippen LogP contribution in [0, 0.1) is 5.41 Å². The molecule has 0 bridgehead atoms. The third-order valence-corrected chi connectivity index (χ3v) is 1.84. The van der Waals surface area contributed by atoms with Crippen molar-refractivity contribution in [2.75, 3.05) is 6.61 Å². The fourth-order valence-corrected chi connectivity index (χ4v) is 1.08. The lowest BCUT2D eigenvalue weighted by molar-refractivity contribution is -0.361. The molecule has 1 heterocycles. The maximum absolute atomic E-state index is 5.14. The summed E-state index contributed by atoms with van der Waals surface area (Å²) in [5.74, 6) is 0. The van der Waals surface area contributed by atoms with Gasteiger partial charge in [-0.15, -0.1) is 0 Å². The Kier molecular flexibility index (Phi) is 2.32. The summed E-state index contributed by atoms with van der Waals surface area (Å²) >= 11 is 0. The Morgan fingerprint density at radius 1 is 1.30 bits per heavy atom. The topological polar surface area (TPSA) is 18.5 Å². The van der Waals surface area contributed by atoms with E-state index in [1.165, 1.54) is 0 Å². The summed E-state index contributed by atoms with van der Waals surface area (Å²) < 4.78 is 0. The Hall–Kier alpha value is -0.0800. The standard InChI is InChI=1S/C8H16O2/c1-8(2,3)7-5-4-6-9-10-7/h7H,4-6H2,1-3H3. The van der Waals surface area contributed by atoms with Crippen LogP contribution in [0.3, 0.4) is 0 Å². The van der Waals surface area contributed by atoms with Gasteiger partial charge in [-0.2, -0.15) is 0 Å². The quantitative estimate of drug-likeness (QED) is 0.485. The molecule has 0 aliphatic carbocycles. The predicted molar refractivity (Wildman–Crippen MR) is 39.5 cm³/mol. The second kappa shape index (κ2) is 2.89. The van der Waals surface area contributed by atoms with Gasteiger partial charge in [-0.05, 0) is 18.3 Å². The molecule has 0 amide bonds. The highest BCUT2D eigenvalue weighted by atomic mass is 17.2. The van der Waals surface area contributed by atoms with E-state index in [0.29, 0.717) is 0 Å². The van der Waals surface area contributed by atoms with Crippen molar-refractivity contribution >= 4 is 0 Å². The Labute approximate surface area is 62.4 Å². The predicted octanol–water partition coefficient (Wildman–Crippen LogP) is 2.14. The lowest BCUT2D eigenvalue weighted by atomic mass is 9.86. The Balaban J connectivity index is 2.39. The van der Waals surface area contributed by atoms with Crippen LogP contribution in [0.15, 0.2) is 0 Å². The summed E-state index contributed by atoms with van der Waals surface area (Å²) in [4.78, 5) is 10.1. The number of hydrogen-bond donors (Lipinski definition) is 0. The van der Waals surface area contributed by atoms with E-state index in [1.54, 1.807) is 0 Å². The molecule has 0 spiro atoms. The summed E-state index contributed by atoms with van der Waals surface area (Å²) in [6, 6.07) is 0. The Morgan fingerprint density at radius 2 is 2.00 bits per heavy atom. The molecule has 0 aromatic carbocycles. The zero-order valence-corrected chi connectivity index (χ0v) is 7.02. The summed E-state index contributed by atoms with van der Waals surface area (Å²) in [7, 11) is 0. The van der Waals surface area contributed by atoms with Gasteiger partial charge in [0.1, 0.15) is 0 Å². The molecule has 1 saturated heterocycles.